The van der Waals surface area contributed by atoms with Crippen molar-refractivity contribution in [3.05, 3.63) is 69.7 Å². The molecule has 1 unspecified atom stereocenters. The van der Waals surface area contributed by atoms with E-state index in [4.69, 9.17) is 33.0 Å². The fraction of sp³-hybridized carbons (Fsp3) is 0.381. The highest BCUT2D eigenvalue weighted by Crippen LogP contribution is 2.24. The van der Waals surface area contributed by atoms with E-state index in [-0.39, 0.29) is 12.6 Å². The summed E-state index contributed by atoms with van der Waals surface area (Å²) in [5.74, 6) is -0.781. The third-order valence-corrected chi connectivity index (χ3v) is 5.29. The van der Waals surface area contributed by atoms with Crippen LogP contribution < -0.4 is 0 Å². The van der Waals surface area contributed by atoms with E-state index in [9.17, 15) is 4.79 Å². The number of carboxylic acids is 1. The fourth-order valence-electron chi connectivity index (χ4n) is 3.49. The van der Waals surface area contributed by atoms with E-state index in [1.165, 1.54) is 5.56 Å². The number of piperazine rings is 1. The summed E-state index contributed by atoms with van der Waals surface area (Å²) in [6.07, 6.45) is 0. The lowest BCUT2D eigenvalue weighted by Gasteiger charge is -2.39. The van der Waals surface area contributed by atoms with E-state index in [0.717, 1.165) is 31.7 Å². The maximum Gasteiger partial charge on any atom is 0.317 e. The van der Waals surface area contributed by atoms with Gasteiger partial charge in [-0.05, 0) is 29.3 Å². The summed E-state index contributed by atoms with van der Waals surface area (Å²) < 4.78 is 6.02. The van der Waals surface area contributed by atoms with Crippen LogP contribution in [0, 0.1) is 0 Å². The molecule has 1 N–H and O–H groups in total. The molecule has 0 spiro atoms. The van der Waals surface area contributed by atoms with Gasteiger partial charge in [0.15, 0.2) is 0 Å². The summed E-state index contributed by atoms with van der Waals surface area (Å²) in [6, 6.07) is 15.8. The number of nitrogens with zero attached hydrogens (tertiary/aromatic N) is 2. The molecule has 3 rings (SSSR count). The van der Waals surface area contributed by atoms with E-state index >= 15 is 0 Å². The summed E-state index contributed by atoms with van der Waals surface area (Å²) >= 11 is 12.1. The number of rotatable bonds is 8. The molecule has 1 aliphatic rings. The van der Waals surface area contributed by atoms with Crippen LogP contribution in [-0.4, -0.2) is 60.2 Å². The number of benzene rings is 2. The highest BCUT2D eigenvalue weighted by atomic mass is 35.5. The summed E-state index contributed by atoms with van der Waals surface area (Å²) in [4.78, 5) is 15.3. The number of hydrogen-bond acceptors (Lipinski definition) is 4. The molecule has 0 radical (unpaired) electrons. The van der Waals surface area contributed by atoms with Gasteiger partial charge < -0.3 is 9.84 Å². The second-order valence-corrected chi connectivity index (χ2v) is 7.80. The molecule has 0 amide bonds. The molecule has 7 heteroatoms. The Bertz CT molecular complexity index is 760. The maximum atomic E-state index is 10.9. The first-order valence-electron chi connectivity index (χ1n) is 9.27. The summed E-state index contributed by atoms with van der Waals surface area (Å²) in [6.45, 7) is 4.14. The zero-order valence-electron chi connectivity index (χ0n) is 15.6. The monoisotopic (exact) mass is 422 g/mol. The zero-order chi connectivity index (χ0) is 19.9. The lowest BCUT2D eigenvalue weighted by Crippen LogP contribution is -2.49. The fourth-order valence-corrected chi connectivity index (χ4v) is 4.07. The van der Waals surface area contributed by atoms with Crippen molar-refractivity contribution >= 4 is 29.2 Å². The van der Waals surface area contributed by atoms with E-state index < -0.39 is 5.97 Å². The molecule has 28 heavy (non-hydrogen) atoms. The van der Waals surface area contributed by atoms with Crippen LogP contribution in [0.15, 0.2) is 48.5 Å². The number of carboxylic acid groups (broad SMARTS) is 1. The highest BCUT2D eigenvalue weighted by molar-refractivity contribution is 6.34. The van der Waals surface area contributed by atoms with E-state index in [2.05, 4.69) is 17.0 Å². The SMILES string of the molecule is O=C(O)CN1CCN(C(COCc2cc(Cl)cc(Cl)c2)c2ccccc2)CC1. The number of ether oxygens (including phenoxy) is 1. The molecule has 150 valence electrons. The van der Waals surface area contributed by atoms with Crippen LogP contribution >= 0.6 is 23.2 Å². The van der Waals surface area contributed by atoms with Gasteiger partial charge in [-0.15, -0.1) is 0 Å². The Morgan fingerprint density at radius 2 is 1.68 bits per heavy atom. The number of halogens is 2. The minimum absolute atomic E-state index is 0.0931. The molecular weight excluding hydrogens is 399 g/mol. The topological polar surface area (TPSA) is 53.0 Å². The van der Waals surface area contributed by atoms with Gasteiger partial charge in [0, 0.05) is 36.2 Å². The maximum absolute atomic E-state index is 10.9. The molecule has 1 fully saturated rings. The van der Waals surface area contributed by atoms with Crippen molar-refractivity contribution in [2.75, 3.05) is 39.3 Å². The first-order chi connectivity index (χ1) is 13.5. The van der Waals surface area contributed by atoms with Gasteiger partial charge in [-0.25, -0.2) is 0 Å². The van der Waals surface area contributed by atoms with Crippen molar-refractivity contribution in [1.29, 1.82) is 0 Å². The van der Waals surface area contributed by atoms with Crippen molar-refractivity contribution in [1.82, 2.24) is 9.80 Å². The van der Waals surface area contributed by atoms with Gasteiger partial charge in [0.1, 0.15) is 0 Å². The molecule has 0 bridgehead atoms. The summed E-state index contributed by atoms with van der Waals surface area (Å²) in [7, 11) is 0. The van der Waals surface area contributed by atoms with Crippen LogP contribution in [0.2, 0.25) is 10.0 Å². The van der Waals surface area contributed by atoms with Gasteiger partial charge in [-0.2, -0.15) is 0 Å². The quantitative estimate of drug-likeness (QED) is 0.697. The van der Waals surface area contributed by atoms with Crippen molar-refractivity contribution in [3.8, 4) is 0 Å². The number of carbonyl (C=O) groups is 1. The standard InChI is InChI=1S/C21H24Cl2N2O3/c22-18-10-16(11-19(23)12-18)14-28-15-20(17-4-2-1-3-5-17)25-8-6-24(7-9-25)13-21(26)27/h1-5,10-12,20H,6-9,13-15H2,(H,26,27). The normalized spacial score (nSPS) is 16.8. The minimum atomic E-state index is -0.781. The molecule has 1 heterocycles. The molecule has 2 aromatic rings. The largest absolute Gasteiger partial charge is 0.480 e. The summed E-state index contributed by atoms with van der Waals surface area (Å²) in [5, 5.41) is 10.2. The second kappa shape index (κ2) is 10.2. The average molecular weight is 423 g/mol. The predicted molar refractivity (Wildman–Crippen MR) is 111 cm³/mol. The van der Waals surface area contributed by atoms with E-state index in [1.807, 2.05) is 35.2 Å². The van der Waals surface area contributed by atoms with E-state index in [1.54, 1.807) is 6.07 Å². The summed E-state index contributed by atoms with van der Waals surface area (Å²) in [5.41, 5.74) is 2.13. The average Bonchev–Trinajstić information content (AvgIpc) is 2.66. The molecule has 1 atom stereocenters. The Kier molecular flexibility index (Phi) is 7.71. The van der Waals surface area contributed by atoms with Crippen LogP contribution in [0.4, 0.5) is 0 Å². The van der Waals surface area contributed by atoms with Crippen LogP contribution in [0.3, 0.4) is 0 Å². The molecule has 0 aromatic heterocycles. The molecule has 1 aliphatic heterocycles. The van der Waals surface area contributed by atoms with Crippen LogP contribution in [0.25, 0.3) is 0 Å². The van der Waals surface area contributed by atoms with Gasteiger partial charge in [0.25, 0.3) is 0 Å². The molecule has 0 saturated carbocycles. The Balaban J connectivity index is 1.62. The predicted octanol–water partition coefficient (Wildman–Crippen LogP) is 3.95. The lowest BCUT2D eigenvalue weighted by atomic mass is 10.0. The minimum Gasteiger partial charge on any atom is -0.480 e. The van der Waals surface area contributed by atoms with Crippen LogP contribution in [0.5, 0.6) is 0 Å². The van der Waals surface area contributed by atoms with Crippen molar-refractivity contribution in [2.24, 2.45) is 0 Å². The third kappa shape index (κ3) is 6.19. The van der Waals surface area contributed by atoms with E-state index in [0.29, 0.717) is 23.3 Å². The molecule has 5 nitrogen and oxygen atoms in total. The smallest absolute Gasteiger partial charge is 0.317 e. The van der Waals surface area contributed by atoms with Crippen molar-refractivity contribution in [3.63, 3.8) is 0 Å². The highest BCUT2D eigenvalue weighted by Gasteiger charge is 2.26. The second-order valence-electron chi connectivity index (χ2n) is 6.93. The van der Waals surface area contributed by atoms with Crippen LogP contribution in [-0.2, 0) is 16.1 Å². The third-order valence-electron chi connectivity index (χ3n) is 4.86. The number of hydrogen-bond donors (Lipinski definition) is 1. The molecule has 2 aromatic carbocycles. The van der Waals surface area contributed by atoms with Gasteiger partial charge >= 0.3 is 5.97 Å². The number of aliphatic carboxylic acids is 1. The Labute approximate surface area is 175 Å². The first-order valence-corrected chi connectivity index (χ1v) is 10.0. The lowest BCUT2D eigenvalue weighted by molar-refractivity contribution is -0.138. The van der Waals surface area contributed by atoms with Gasteiger partial charge in [-0.3, -0.25) is 14.6 Å². The molecular formula is C21H24Cl2N2O3. The zero-order valence-corrected chi connectivity index (χ0v) is 17.1. The Hall–Kier alpha value is -1.63. The Morgan fingerprint density at radius 1 is 1.04 bits per heavy atom. The van der Waals surface area contributed by atoms with Crippen molar-refractivity contribution in [2.45, 2.75) is 12.6 Å². The molecule has 1 saturated heterocycles. The van der Waals surface area contributed by atoms with Gasteiger partial charge in [0.05, 0.1) is 25.8 Å². The Morgan fingerprint density at radius 3 is 2.29 bits per heavy atom. The van der Waals surface area contributed by atoms with Crippen molar-refractivity contribution < 1.29 is 14.6 Å². The van der Waals surface area contributed by atoms with Gasteiger partial charge in [0.2, 0.25) is 0 Å². The van der Waals surface area contributed by atoms with Gasteiger partial charge in [-0.1, -0.05) is 53.5 Å². The van der Waals surface area contributed by atoms with Crippen LogP contribution in [0.1, 0.15) is 17.2 Å². The first kappa shape index (κ1) is 21.1. The molecule has 0 aliphatic carbocycles.